The molecule has 3 heterocycles. The minimum Gasteiger partial charge on any atom is -0.379 e. The lowest BCUT2D eigenvalue weighted by Crippen LogP contribution is -2.45. The SMILES string of the molecule is c1ccc(CNc2nc3n(n2)CC2=C(N3)C(NCCN3CCOCC3)CCC2)cc1. The number of hydrogen-bond acceptors (Lipinski definition) is 7. The normalized spacial score (nSPS) is 21.7. The van der Waals surface area contributed by atoms with Crippen LogP contribution in [0.3, 0.4) is 0 Å². The Morgan fingerprint density at radius 2 is 2.03 bits per heavy atom. The smallest absolute Gasteiger partial charge is 0.244 e. The molecule has 1 aromatic carbocycles. The molecule has 8 nitrogen and oxygen atoms in total. The van der Waals surface area contributed by atoms with Crippen LogP contribution >= 0.6 is 0 Å². The number of aromatic nitrogens is 3. The average molecular weight is 410 g/mol. The van der Waals surface area contributed by atoms with Gasteiger partial charge in [0.25, 0.3) is 0 Å². The molecule has 1 unspecified atom stereocenters. The van der Waals surface area contributed by atoms with Gasteiger partial charge in [0.1, 0.15) is 0 Å². The standard InChI is InChI=1S/C22H31N7O/c1-2-5-17(6-3-1)15-24-21-26-22-25-20-18(16-29(22)27-21)7-4-8-19(20)23-9-10-28-11-13-30-14-12-28/h1-3,5-6,19,23H,4,7-16H2,(H2,24,25,26,27). The second-order valence-electron chi connectivity index (χ2n) is 8.25. The fraction of sp³-hybridized carbons (Fsp3) is 0.545. The van der Waals surface area contributed by atoms with Crippen LogP contribution in [-0.4, -0.2) is 65.1 Å². The van der Waals surface area contributed by atoms with Crippen molar-refractivity contribution in [3.8, 4) is 0 Å². The molecule has 3 N–H and O–H groups in total. The molecule has 2 aliphatic heterocycles. The zero-order chi connectivity index (χ0) is 20.2. The van der Waals surface area contributed by atoms with E-state index in [1.54, 1.807) is 0 Å². The molecule has 30 heavy (non-hydrogen) atoms. The van der Waals surface area contributed by atoms with E-state index in [2.05, 4.69) is 38.1 Å². The number of ether oxygens (including phenoxy) is 1. The molecular formula is C22H31N7O. The van der Waals surface area contributed by atoms with Crippen LogP contribution in [0.1, 0.15) is 24.8 Å². The molecule has 1 atom stereocenters. The Bertz CT molecular complexity index is 873. The van der Waals surface area contributed by atoms with Gasteiger partial charge in [-0.25, -0.2) is 4.68 Å². The molecular weight excluding hydrogens is 378 g/mol. The summed E-state index contributed by atoms with van der Waals surface area (Å²) in [6.07, 6.45) is 3.52. The first-order valence-electron chi connectivity index (χ1n) is 11.1. The van der Waals surface area contributed by atoms with Crippen LogP contribution in [0.15, 0.2) is 41.6 Å². The molecule has 160 valence electrons. The topological polar surface area (TPSA) is 79.3 Å². The van der Waals surface area contributed by atoms with Crippen molar-refractivity contribution >= 4 is 11.9 Å². The highest BCUT2D eigenvalue weighted by Crippen LogP contribution is 2.31. The van der Waals surface area contributed by atoms with Gasteiger partial charge < -0.3 is 20.7 Å². The van der Waals surface area contributed by atoms with Crippen molar-refractivity contribution in [1.82, 2.24) is 25.0 Å². The van der Waals surface area contributed by atoms with Crippen molar-refractivity contribution in [2.24, 2.45) is 0 Å². The maximum atomic E-state index is 5.44. The minimum atomic E-state index is 0.376. The third-order valence-corrected chi connectivity index (χ3v) is 6.18. The maximum Gasteiger partial charge on any atom is 0.244 e. The molecule has 2 aromatic rings. The molecule has 0 radical (unpaired) electrons. The molecule has 0 spiro atoms. The Kier molecular flexibility index (Phi) is 5.96. The van der Waals surface area contributed by atoms with E-state index in [9.17, 15) is 0 Å². The summed E-state index contributed by atoms with van der Waals surface area (Å²) >= 11 is 0. The number of benzene rings is 1. The van der Waals surface area contributed by atoms with Gasteiger partial charge in [0.15, 0.2) is 0 Å². The monoisotopic (exact) mass is 409 g/mol. The van der Waals surface area contributed by atoms with Gasteiger partial charge in [-0.3, -0.25) is 4.90 Å². The molecule has 0 saturated carbocycles. The van der Waals surface area contributed by atoms with Crippen LogP contribution < -0.4 is 16.0 Å². The van der Waals surface area contributed by atoms with E-state index in [0.717, 1.165) is 64.9 Å². The molecule has 0 bridgehead atoms. The number of nitrogens with one attached hydrogen (secondary N) is 3. The third-order valence-electron chi connectivity index (χ3n) is 6.18. The highest BCUT2D eigenvalue weighted by molar-refractivity contribution is 5.48. The largest absolute Gasteiger partial charge is 0.379 e. The van der Waals surface area contributed by atoms with Crippen LogP contribution in [0.2, 0.25) is 0 Å². The first-order chi connectivity index (χ1) is 14.8. The predicted octanol–water partition coefficient (Wildman–Crippen LogP) is 2.04. The third kappa shape index (κ3) is 4.50. The number of allylic oxidation sites excluding steroid dienone is 1. The summed E-state index contributed by atoms with van der Waals surface area (Å²) in [6, 6.07) is 10.7. The minimum absolute atomic E-state index is 0.376. The molecule has 8 heteroatoms. The van der Waals surface area contributed by atoms with Crippen molar-refractivity contribution < 1.29 is 4.74 Å². The molecule has 5 rings (SSSR count). The summed E-state index contributed by atoms with van der Waals surface area (Å²) in [5.74, 6) is 1.52. The number of hydrogen-bond donors (Lipinski definition) is 3. The summed E-state index contributed by atoms with van der Waals surface area (Å²) in [5.41, 5.74) is 4.00. The van der Waals surface area contributed by atoms with Crippen molar-refractivity contribution in [3.63, 3.8) is 0 Å². The average Bonchev–Trinajstić information content (AvgIpc) is 3.20. The lowest BCUT2D eigenvalue weighted by Gasteiger charge is -2.34. The van der Waals surface area contributed by atoms with E-state index in [4.69, 9.17) is 9.72 Å². The molecule has 3 aliphatic rings. The van der Waals surface area contributed by atoms with Gasteiger partial charge in [0.2, 0.25) is 11.9 Å². The van der Waals surface area contributed by atoms with Crippen LogP contribution in [0.25, 0.3) is 0 Å². The highest BCUT2D eigenvalue weighted by atomic mass is 16.5. The summed E-state index contributed by atoms with van der Waals surface area (Å²) in [4.78, 5) is 7.17. The lowest BCUT2D eigenvalue weighted by atomic mass is 9.91. The molecule has 1 fully saturated rings. The van der Waals surface area contributed by atoms with E-state index >= 15 is 0 Å². The van der Waals surface area contributed by atoms with Crippen molar-refractivity contribution in [2.75, 3.05) is 50.0 Å². The number of anilines is 2. The summed E-state index contributed by atoms with van der Waals surface area (Å²) < 4.78 is 7.43. The number of rotatable bonds is 7. The number of fused-ring (bicyclic) bond motifs is 1. The van der Waals surface area contributed by atoms with E-state index in [0.29, 0.717) is 12.0 Å². The van der Waals surface area contributed by atoms with Crippen molar-refractivity contribution in [2.45, 2.75) is 38.4 Å². The molecule has 1 aromatic heterocycles. The van der Waals surface area contributed by atoms with E-state index in [-0.39, 0.29) is 0 Å². The first kappa shape index (κ1) is 19.5. The van der Waals surface area contributed by atoms with Crippen LogP contribution in [0, 0.1) is 0 Å². The predicted molar refractivity (Wildman–Crippen MR) is 117 cm³/mol. The Labute approximate surface area is 177 Å². The number of morpholine rings is 1. The zero-order valence-electron chi connectivity index (χ0n) is 17.4. The van der Waals surface area contributed by atoms with Crippen LogP contribution in [-0.2, 0) is 17.8 Å². The summed E-state index contributed by atoms with van der Waals surface area (Å²) in [7, 11) is 0. The quantitative estimate of drug-likeness (QED) is 0.646. The van der Waals surface area contributed by atoms with Crippen LogP contribution in [0.4, 0.5) is 11.9 Å². The fourth-order valence-electron chi connectivity index (χ4n) is 4.51. The zero-order valence-corrected chi connectivity index (χ0v) is 17.4. The molecule has 0 amide bonds. The van der Waals surface area contributed by atoms with Gasteiger partial charge in [0.05, 0.1) is 19.8 Å². The fourth-order valence-corrected chi connectivity index (χ4v) is 4.51. The van der Waals surface area contributed by atoms with E-state index < -0.39 is 0 Å². The van der Waals surface area contributed by atoms with Gasteiger partial charge in [-0.05, 0) is 30.4 Å². The van der Waals surface area contributed by atoms with Gasteiger partial charge in [-0.2, -0.15) is 4.98 Å². The van der Waals surface area contributed by atoms with Crippen molar-refractivity contribution in [1.29, 1.82) is 0 Å². The summed E-state index contributed by atoms with van der Waals surface area (Å²) in [6.45, 7) is 7.43. The van der Waals surface area contributed by atoms with Gasteiger partial charge >= 0.3 is 0 Å². The Morgan fingerprint density at radius 3 is 2.90 bits per heavy atom. The first-order valence-corrected chi connectivity index (χ1v) is 11.1. The summed E-state index contributed by atoms with van der Waals surface area (Å²) in [5, 5.41) is 15.4. The Hall–Kier alpha value is -2.42. The van der Waals surface area contributed by atoms with E-state index in [1.807, 2.05) is 22.9 Å². The van der Waals surface area contributed by atoms with Gasteiger partial charge in [-0.1, -0.05) is 30.3 Å². The molecule has 1 saturated heterocycles. The lowest BCUT2D eigenvalue weighted by molar-refractivity contribution is 0.0382. The van der Waals surface area contributed by atoms with Crippen LogP contribution in [0.5, 0.6) is 0 Å². The number of nitrogens with zero attached hydrogens (tertiary/aromatic N) is 4. The Morgan fingerprint density at radius 1 is 1.17 bits per heavy atom. The van der Waals surface area contributed by atoms with Crippen molar-refractivity contribution in [3.05, 3.63) is 47.2 Å². The maximum absolute atomic E-state index is 5.44. The molecule has 1 aliphatic carbocycles. The Balaban J connectivity index is 1.18. The second kappa shape index (κ2) is 9.16. The second-order valence-corrected chi connectivity index (χ2v) is 8.25. The van der Waals surface area contributed by atoms with Gasteiger partial charge in [-0.15, -0.1) is 5.10 Å². The van der Waals surface area contributed by atoms with E-state index in [1.165, 1.54) is 29.7 Å². The van der Waals surface area contributed by atoms with Gasteiger partial charge in [0, 0.05) is 44.5 Å². The highest BCUT2D eigenvalue weighted by Gasteiger charge is 2.29.